The van der Waals surface area contributed by atoms with Crippen LogP contribution < -0.4 is 9.47 Å². The monoisotopic (exact) mass is 447 g/mol. The molecule has 0 bridgehead atoms. The number of amides is 1. The van der Waals surface area contributed by atoms with Crippen LogP contribution in [0.5, 0.6) is 11.5 Å². The van der Waals surface area contributed by atoms with Gasteiger partial charge in [-0.05, 0) is 62.1 Å². The number of aromatic amines is 1. The van der Waals surface area contributed by atoms with Crippen molar-refractivity contribution in [1.82, 2.24) is 14.8 Å². The summed E-state index contributed by atoms with van der Waals surface area (Å²) in [5.41, 5.74) is 3.48. The molecule has 3 aromatic rings. The van der Waals surface area contributed by atoms with E-state index in [9.17, 15) is 4.79 Å². The standard InChI is InChI=1S/C27H33N3O3/c1-32-24-9-8-20(16-25(24)33-2)26(31)30-15-12-27(19-30)11-5-13-29(18-27)14-10-21-17-28-23-7-4-3-6-22(21)23/h3-4,6-9,16-17,28H,5,10-15,18-19H2,1-2H3. The summed E-state index contributed by atoms with van der Waals surface area (Å²) in [6, 6.07) is 14.0. The molecule has 1 N–H and O–H groups in total. The fraction of sp³-hybridized carbons (Fsp3) is 0.444. The fourth-order valence-electron chi connectivity index (χ4n) is 5.71. The number of carbonyl (C=O) groups excluding carboxylic acids is 1. The molecule has 2 fully saturated rings. The molecule has 1 unspecified atom stereocenters. The van der Waals surface area contributed by atoms with Crippen LogP contribution in [0.3, 0.4) is 0 Å². The maximum atomic E-state index is 13.2. The number of piperidine rings is 1. The van der Waals surface area contributed by atoms with Crippen molar-refractivity contribution in [3.05, 3.63) is 59.8 Å². The van der Waals surface area contributed by atoms with Gasteiger partial charge in [0.25, 0.3) is 5.91 Å². The number of H-pyrrole nitrogens is 1. The van der Waals surface area contributed by atoms with Gasteiger partial charge in [-0.2, -0.15) is 0 Å². The molecule has 0 aliphatic carbocycles. The van der Waals surface area contributed by atoms with Crippen LogP contribution in [0, 0.1) is 5.41 Å². The summed E-state index contributed by atoms with van der Waals surface area (Å²) in [5.74, 6) is 1.33. The summed E-state index contributed by atoms with van der Waals surface area (Å²) >= 11 is 0. The predicted molar refractivity (Wildman–Crippen MR) is 130 cm³/mol. The molecule has 33 heavy (non-hydrogen) atoms. The smallest absolute Gasteiger partial charge is 0.254 e. The lowest BCUT2D eigenvalue weighted by molar-refractivity contribution is 0.0692. The third-order valence-corrected chi connectivity index (χ3v) is 7.47. The third-order valence-electron chi connectivity index (χ3n) is 7.47. The Hall–Kier alpha value is -2.99. The van der Waals surface area contributed by atoms with Crippen molar-refractivity contribution in [2.45, 2.75) is 25.7 Å². The van der Waals surface area contributed by atoms with E-state index in [1.807, 2.05) is 17.0 Å². The maximum Gasteiger partial charge on any atom is 0.254 e. The van der Waals surface area contributed by atoms with E-state index in [1.165, 1.54) is 29.3 Å². The fourth-order valence-corrected chi connectivity index (χ4v) is 5.71. The number of benzene rings is 2. The average Bonchev–Trinajstić information content (AvgIpc) is 3.46. The molecule has 6 nitrogen and oxygen atoms in total. The molecule has 5 rings (SSSR count). The van der Waals surface area contributed by atoms with Crippen molar-refractivity contribution >= 4 is 16.8 Å². The number of nitrogens with one attached hydrogen (secondary N) is 1. The van der Waals surface area contributed by atoms with E-state index < -0.39 is 0 Å². The molecule has 1 amide bonds. The van der Waals surface area contributed by atoms with Gasteiger partial charge in [0.1, 0.15) is 0 Å². The van der Waals surface area contributed by atoms with E-state index in [-0.39, 0.29) is 11.3 Å². The lowest BCUT2D eigenvalue weighted by Crippen LogP contribution is -2.46. The maximum absolute atomic E-state index is 13.2. The SMILES string of the molecule is COc1ccc(C(=O)N2CCC3(CCCN(CCc4c[nH]c5ccccc45)C3)C2)cc1OC. The average molecular weight is 448 g/mol. The molecule has 0 saturated carbocycles. The van der Waals surface area contributed by atoms with Crippen LogP contribution in [0.15, 0.2) is 48.7 Å². The second-order valence-corrected chi connectivity index (χ2v) is 9.54. The molecular weight excluding hydrogens is 414 g/mol. The first kappa shape index (κ1) is 21.8. The largest absolute Gasteiger partial charge is 0.493 e. The van der Waals surface area contributed by atoms with Gasteiger partial charge < -0.3 is 24.3 Å². The topological polar surface area (TPSA) is 57.8 Å². The first-order chi connectivity index (χ1) is 16.1. The van der Waals surface area contributed by atoms with Crippen molar-refractivity contribution in [2.75, 3.05) is 46.9 Å². The zero-order valence-corrected chi connectivity index (χ0v) is 19.6. The van der Waals surface area contributed by atoms with E-state index >= 15 is 0 Å². The quantitative estimate of drug-likeness (QED) is 0.610. The molecule has 1 spiro atoms. The Morgan fingerprint density at radius 1 is 1.03 bits per heavy atom. The summed E-state index contributed by atoms with van der Waals surface area (Å²) in [5, 5.41) is 1.33. The van der Waals surface area contributed by atoms with Crippen molar-refractivity contribution in [2.24, 2.45) is 5.41 Å². The minimum Gasteiger partial charge on any atom is -0.493 e. The zero-order chi connectivity index (χ0) is 22.8. The molecule has 1 atom stereocenters. The molecule has 2 aliphatic rings. The molecule has 0 radical (unpaired) electrons. The molecule has 2 aliphatic heterocycles. The van der Waals surface area contributed by atoms with Gasteiger partial charge in [0, 0.05) is 54.3 Å². The number of hydrogen-bond donors (Lipinski definition) is 1. The zero-order valence-electron chi connectivity index (χ0n) is 19.6. The third kappa shape index (κ3) is 4.32. The Morgan fingerprint density at radius 2 is 1.88 bits per heavy atom. The van der Waals surface area contributed by atoms with Crippen molar-refractivity contribution in [3.63, 3.8) is 0 Å². The number of nitrogens with zero attached hydrogens (tertiary/aromatic N) is 2. The Morgan fingerprint density at radius 3 is 2.73 bits per heavy atom. The molecule has 6 heteroatoms. The van der Waals surface area contributed by atoms with Crippen LogP contribution in [-0.2, 0) is 6.42 Å². The van der Waals surface area contributed by atoms with E-state index in [0.29, 0.717) is 17.1 Å². The first-order valence-electron chi connectivity index (χ1n) is 11.9. The molecule has 2 aromatic carbocycles. The van der Waals surface area contributed by atoms with Gasteiger partial charge in [-0.15, -0.1) is 0 Å². The predicted octanol–water partition coefficient (Wildman–Crippen LogP) is 4.36. The highest BCUT2D eigenvalue weighted by Crippen LogP contribution is 2.40. The van der Waals surface area contributed by atoms with Gasteiger partial charge in [0.05, 0.1) is 14.2 Å². The number of fused-ring (bicyclic) bond motifs is 1. The van der Waals surface area contributed by atoms with Gasteiger partial charge in [0.15, 0.2) is 11.5 Å². The van der Waals surface area contributed by atoms with Gasteiger partial charge in [-0.25, -0.2) is 0 Å². The summed E-state index contributed by atoms with van der Waals surface area (Å²) in [6.45, 7) is 4.94. The lowest BCUT2D eigenvalue weighted by atomic mass is 9.79. The van der Waals surface area contributed by atoms with Crippen molar-refractivity contribution in [1.29, 1.82) is 0 Å². The van der Waals surface area contributed by atoms with Crippen LogP contribution in [0.25, 0.3) is 10.9 Å². The molecule has 174 valence electrons. The van der Waals surface area contributed by atoms with E-state index in [1.54, 1.807) is 20.3 Å². The first-order valence-corrected chi connectivity index (χ1v) is 11.9. The highest BCUT2D eigenvalue weighted by atomic mass is 16.5. The van der Waals surface area contributed by atoms with Crippen LogP contribution in [0.1, 0.15) is 35.2 Å². The van der Waals surface area contributed by atoms with E-state index in [0.717, 1.165) is 45.6 Å². The Bertz CT molecular complexity index is 1140. The minimum absolute atomic E-state index is 0.0868. The van der Waals surface area contributed by atoms with Crippen molar-refractivity contribution in [3.8, 4) is 11.5 Å². The van der Waals surface area contributed by atoms with Crippen LogP contribution in [0.2, 0.25) is 0 Å². The Labute approximate surface area is 195 Å². The number of hydrogen-bond acceptors (Lipinski definition) is 4. The number of para-hydroxylation sites is 1. The Balaban J connectivity index is 1.22. The molecule has 3 heterocycles. The number of likely N-dealkylation sites (tertiary alicyclic amines) is 2. The summed E-state index contributed by atoms with van der Waals surface area (Å²) in [6.07, 6.45) is 6.69. The second kappa shape index (κ2) is 9.10. The lowest BCUT2D eigenvalue weighted by Gasteiger charge is -2.40. The summed E-state index contributed by atoms with van der Waals surface area (Å²) in [4.78, 5) is 21.3. The minimum atomic E-state index is 0.0868. The van der Waals surface area contributed by atoms with Gasteiger partial charge in [-0.3, -0.25) is 4.79 Å². The summed E-state index contributed by atoms with van der Waals surface area (Å²) < 4.78 is 10.7. The molecular formula is C27H33N3O3. The highest BCUT2D eigenvalue weighted by Gasteiger charge is 2.42. The number of methoxy groups -OCH3 is 2. The number of rotatable bonds is 6. The Kier molecular flexibility index (Phi) is 6.02. The van der Waals surface area contributed by atoms with Crippen molar-refractivity contribution < 1.29 is 14.3 Å². The number of ether oxygens (including phenoxy) is 2. The van der Waals surface area contributed by atoms with Gasteiger partial charge in [-0.1, -0.05) is 18.2 Å². The summed E-state index contributed by atoms with van der Waals surface area (Å²) in [7, 11) is 3.21. The molecule has 1 aromatic heterocycles. The number of carbonyl (C=O) groups is 1. The second-order valence-electron chi connectivity index (χ2n) is 9.54. The molecule has 2 saturated heterocycles. The highest BCUT2D eigenvalue weighted by molar-refractivity contribution is 5.95. The van der Waals surface area contributed by atoms with Crippen LogP contribution in [-0.4, -0.2) is 67.6 Å². The van der Waals surface area contributed by atoms with Gasteiger partial charge >= 0.3 is 0 Å². The van der Waals surface area contributed by atoms with Crippen LogP contribution in [0.4, 0.5) is 0 Å². The van der Waals surface area contributed by atoms with E-state index in [2.05, 4.69) is 40.3 Å². The van der Waals surface area contributed by atoms with Crippen LogP contribution >= 0.6 is 0 Å². The normalized spacial score (nSPS) is 21.1. The van der Waals surface area contributed by atoms with Gasteiger partial charge in [0.2, 0.25) is 0 Å². The van der Waals surface area contributed by atoms with E-state index in [4.69, 9.17) is 9.47 Å². The number of aromatic nitrogens is 1.